The molecule has 0 unspecified atom stereocenters. The molecule has 1 aromatic heterocycles. The standard InChI is InChI=1S/C15H16F3N3O6/c1-25-13(22)9-8-10(21(23)24)11(15(16,17)18)19-12(9)20-4-2-14(3-5-20)26-6-7-27-14/h8H,2-7H2,1H3. The molecule has 0 radical (unpaired) electrons. The minimum Gasteiger partial charge on any atom is -0.465 e. The Morgan fingerprint density at radius 1 is 1.33 bits per heavy atom. The Hall–Kier alpha value is -2.47. The number of carbonyl (C=O) groups is 1. The van der Waals surface area contributed by atoms with Crippen LogP contribution in [-0.2, 0) is 20.4 Å². The number of esters is 1. The van der Waals surface area contributed by atoms with E-state index in [-0.39, 0.29) is 18.9 Å². The quantitative estimate of drug-likeness (QED) is 0.439. The fourth-order valence-electron chi connectivity index (χ4n) is 3.19. The van der Waals surface area contributed by atoms with Crippen LogP contribution >= 0.6 is 0 Å². The average molecular weight is 391 g/mol. The first-order chi connectivity index (χ1) is 12.7. The first-order valence-corrected chi connectivity index (χ1v) is 8.05. The largest absolute Gasteiger partial charge is 0.465 e. The fourth-order valence-corrected chi connectivity index (χ4v) is 3.19. The summed E-state index contributed by atoms with van der Waals surface area (Å²) in [5.74, 6) is -2.11. The second-order valence-electron chi connectivity index (χ2n) is 6.07. The molecule has 1 aromatic rings. The average Bonchev–Trinajstić information content (AvgIpc) is 3.08. The molecule has 2 fully saturated rings. The number of halogens is 3. The number of rotatable bonds is 3. The maximum Gasteiger partial charge on any atom is 0.440 e. The van der Waals surface area contributed by atoms with Crippen molar-refractivity contribution in [1.82, 2.24) is 4.98 Å². The molecule has 1 spiro atoms. The van der Waals surface area contributed by atoms with Crippen molar-refractivity contribution in [3.05, 3.63) is 27.4 Å². The molecule has 2 saturated heterocycles. The number of ether oxygens (including phenoxy) is 3. The lowest BCUT2D eigenvalue weighted by Gasteiger charge is -2.38. The Morgan fingerprint density at radius 2 is 1.93 bits per heavy atom. The van der Waals surface area contributed by atoms with Gasteiger partial charge in [0.1, 0.15) is 11.4 Å². The van der Waals surface area contributed by atoms with Crippen molar-refractivity contribution < 1.29 is 37.1 Å². The number of anilines is 1. The summed E-state index contributed by atoms with van der Waals surface area (Å²) in [5.41, 5.74) is -3.37. The number of alkyl halides is 3. The second-order valence-corrected chi connectivity index (χ2v) is 6.07. The highest BCUT2D eigenvalue weighted by Crippen LogP contribution is 2.39. The molecule has 0 saturated carbocycles. The van der Waals surface area contributed by atoms with Crippen molar-refractivity contribution in [3.8, 4) is 0 Å². The highest BCUT2D eigenvalue weighted by molar-refractivity contribution is 5.95. The van der Waals surface area contributed by atoms with Crippen molar-refractivity contribution in [2.24, 2.45) is 0 Å². The van der Waals surface area contributed by atoms with Crippen molar-refractivity contribution in [3.63, 3.8) is 0 Å². The molecule has 2 aliphatic rings. The minimum absolute atomic E-state index is 0.200. The predicted octanol–water partition coefficient (Wildman–Crippen LogP) is 2.14. The zero-order valence-electron chi connectivity index (χ0n) is 14.2. The number of methoxy groups -OCH3 is 1. The lowest BCUT2D eigenvalue weighted by Crippen LogP contribution is -2.46. The smallest absolute Gasteiger partial charge is 0.440 e. The monoisotopic (exact) mass is 391 g/mol. The third-order valence-electron chi connectivity index (χ3n) is 4.49. The lowest BCUT2D eigenvalue weighted by atomic mass is 10.0. The predicted molar refractivity (Wildman–Crippen MR) is 83.3 cm³/mol. The molecule has 27 heavy (non-hydrogen) atoms. The lowest BCUT2D eigenvalue weighted by molar-refractivity contribution is -0.388. The number of pyridine rings is 1. The van der Waals surface area contributed by atoms with E-state index < -0.39 is 39.8 Å². The van der Waals surface area contributed by atoms with E-state index in [4.69, 9.17) is 9.47 Å². The number of nitrogens with zero attached hydrogens (tertiary/aromatic N) is 3. The summed E-state index contributed by atoms with van der Waals surface area (Å²) >= 11 is 0. The molecule has 0 aromatic carbocycles. The summed E-state index contributed by atoms with van der Waals surface area (Å²) < 4.78 is 55.5. The van der Waals surface area contributed by atoms with E-state index in [1.54, 1.807) is 0 Å². The molecule has 9 nitrogen and oxygen atoms in total. The first kappa shape index (κ1) is 19.3. The van der Waals surface area contributed by atoms with Gasteiger partial charge in [-0.1, -0.05) is 0 Å². The van der Waals surface area contributed by atoms with Crippen LogP contribution in [0.2, 0.25) is 0 Å². The molecule has 148 valence electrons. The van der Waals surface area contributed by atoms with Gasteiger partial charge in [0.25, 0.3) is 0 Å². The summed E-state index contributed by atoms with van der Waals surface area (Å²) in [6.45, 7) is 1.26. The van der Waals surface area contributed by atoms with Gasteiger partial charge in [-0.25, -0.2) is 9.78 Å². The second kappa shape index (κ2) is 6.93. The maximum atomic E-state index is 13.3. The zero-order valence-corrected chi connectivity index (χ0v) is 14.2. The normalized spacial score (nSPS) is 19.3. The van der Waals surface area contributed by atoms with Gasteiger partial charge in [0.05, 0.1) is 25.2 Å². The zero-order chi connectivity index (χ0) is 19.8. The molecule has 3 rings (SSSR count). The Labute approximate surface area is 151 Å². The van der Waals surface area contributed by atoms with Crippen LogP contribution in [0, 0.1) is 10.1 Å². The summed E-state index contributed by atoms with van der Waals surface area (Å²) in [7, 11) is 1.03. The Morgan fingerprint density at radius 3 is 2.41 bits per heavy atom. The topological polar surface area (TPSA) is 104 Å². The van der Waals surface area contributed by atoms with E-state index in [0.29, 0.717) is 32.1 Å². The molecule has 0 N–H and O–H groups in total. The summed E-state index contributed by atoms with van der Waals surface area (Å²) in [6, 6.07) is 0.559. The number of piperidine rings is 1. The van der Waals surface area contributed by atoms with Crippen LogP contribution in [0.1, 0.15) is 28.9 Å². The van der Waals surface area contributed by atoms with E-state index in [1.807, 2.05) is 0 Å². The number of hydrogen-bond donors (Lipinski definition) is 0. The summed E-state index contributed by atoms with van der Waals surface area (Å²) in [5, 5.41) is 11.1. The van der Waals surface area contributed by atoms with Gasteiger partial charge in [-0.3, -0.25) is 10.1 Å². The maximum absolute atomic E-state index is 13.3. The van der Waals surface area contributed by atoms with E-state index in [2.05, 4.69) is 9.72 Å². The Balaban J connectivity index is 2.02. The molecule has 3 heterocycles. The van der Waals surface area contributed by atoms with Crippen LogP contribution in [0.15, 0.2) is 6.07 Å². The summed E-state index contributed by atoms with van der Waals surface area (Å²) in [4.78, 5) is 26.7. The van der Waals surface area contributed by atoms with E-state index >= 15 is 0 Å². The van der Waals surface area contributed by atoms with Crippen molar-refractivity contribution >= 4 is 17.5 Å². The molecule has 0 atom stereocenters. The van der Waals surface area contributed by atoms with Crippen LogP contribution in [0.4, 0.5) is 24.7 Å². The third-order valence-corrected chi connectivity index (χ3v) is 4.49. The minimum atomic E-state index is -5.06. The van der Waals surface area contributed by atoms with E-state index in [0.717, 1.165) is 7.11 Å². The highest BCUT2D eigenvalue weighted by Gasteiger charge is 2.44. The fraction of sp³-hybridized carbons (Fsp3) is 0.600. The number of hydrogen-bond acceptors (Lipinski definition) is 8. The molecule has 0 aliphatic carbocycles. The molecule has 0 amide bonds. The Kier molecular flexibility index (Phi) is 4.95. The summed E-state index contributed by atoms with van der Waals surface area (Å²) in [6.07, 6.45) is -4.35. The van der Waals surface area contributed by atoms with Crippen LogP contribution in [0.25, 0.3) is 0 Å². The molecular formula is C15H16F3N3O6. The van der Waals surface area contributed by atoms with Gasteiger partial charge in [0.2, 0.25) is 5.69 Å². The molecular weight excluding hydrogens is 375 g/mol. The van der Waals surface area contributed by atoms with Crippen LogP contribution < -0.4 is 4.90 Å². The first-order valence-electron chi connectivity index (χ1n) is 8.05. The van der Waals surface area contributed by atoms with Gasteiger partial charge in [-0.05, 0) is 0 Å². The van der Waals surface area contributed by atoms with E-state index in [9.17, 15) is 28.1 Å². The highest BCUT2D eigenvalue weighted by atomic mass is 19.4. The van der Waals surface area contributed by atoms with Gasteiger partial charge in [0, 0.05) is 32.0 Å². The number of nitro groups is 1. The van der Waals surface area contributed by atoms with Crippen molar-refractivity contribution in [2.45, 2.75) is 24.8 Å². The Bertz CT molecular complexity index is 754. The van der Waals surface area contributed by atoms with Crippen LogP contribution in [0.5, 0.6) is 0 Å². The van der Waals surface area contributed by atoms with Crippen LogP contribution in [0.3, 0.4) is 0 Å². The van der Waals surface area contributed by atoms with Gasteiger partial charge >= 0.3 is 17.8 Å². The number of aromatic nitrogens is 1. The van der Waals surface area contributed by atoms with Gasteiger partial charge in [-0.2, -0.15) is 13.2 Å². The molecule has 12 heteroatoms. The molecule has 2 aliphatic heterocycles. The SMILES string of the molecule is COC(=O)c1cc([N+](=O)[O-])c(C(F)(F)F)nc1N1CCC2(CC1)OCCO2. The third kappa shape index (κ3) is 3.67. The van der Waals surface area contributed by atoms with Crippen molar-refractivity contribution in [1.29, 1.82) is 0 Å². The van der Waals surface area contributed by atoms with Gasteiger partial charge in [0.15, 0.2) is 5.79 Å². The van der Waals surface area contributed by atoms with Gasteiger partial charge in [-0.15, -0.1) is 0 Å². The molecule has 0 bridgehead atoms. The van der Waals surface area contributed by atoms with E-state index in [1.165, 1.54) is 4.90 Å². The van der Waals surface area contributed by atoms with Gasteiger partial charge < -0.3 is 19.1 Å². The van der Waals surface area contributed by atoms with Crippen LogP contribution in [-0.4, -0.2) is 55.1 Å². The van der Waals surface area contributed by atoms with Crippen molar-refractivity contribution in [2.75, 3.05) is 38.3 Å². The number of carbonyl (C=O) groups excluding carboxylic acids is 1.